The molecule has 0 saturated carbocycles. The molecule has 1 N–H and O–H groups in total. The molecular weight excluding hydrogens is 392 g/mol. The van der Waals surface area contributed by atoms with Crippen molar-refractivity contribution in [3.8, 4) is 17.4 Å². The highest BCUT2D eigenvalue weighted by Crippen LogP contribution is 2.27. The van der Waals surface area contributed by atoms with Gasteiger partial charge in [0.25, 0.3) is 5.91 Å². The first kappa shape index (κ1) is 19.9. The van der Waals surface area contributed by atoms with Crippen LogP contribution in [0.15, 0.2) is 64.6 Å². The zero-order chi connectivity index (χ0) is 21.0. The van der Waals surface area contributed by atoms with Gasteiger partial charge in [0, 0.05) is 27.9 Å². The summed E-state index contributed by atoms with van der Waals surface area (Å²) in [5, 5.41) is 23.2. The Balaban J connectivity index is 1.85. The van der Waals surface area contributed by atoms with E-state index in [1.165, 1.54) is 18.2 Å². The van der Waals surface area contributed by atoms with Gasteiger partial charge in [0.05, 0.1) is 5.97 Å². The van der Waals surface area contributed by atoms with E-state index in [1.807, 2.05) is 25.1 Å². The first-order valence-corrected chi connectivity index (χ1v) is 8.86. The standard InChI is InChI=1S/C22H15ClN2O4/c1-13-4-2-3-5-19(13)25-21(26)15(12-24)10-16-7-9-20(29-16)14-6-8-18(23)17(11-14)22(27)28/h2-11H,1H3,(H,25,26)(H,27,28)/p-1/b15-10+. The molecule has 29 heavy (non-hydrogen) atoms. The van der Waals surface area contributed by atoms with Crippen molar-refractivity contribution >= 4 is 35.2 Å². The van der Waals surface area contributed by atoms with Crippen LogP contribution in [0.1, 0.15) is 21.7 Å². The second kappa shape index (κ2) is 8.46. The third kappa shape index (κ3) is 4.54. The zero-order valence-electron chi connectivity index (χ0n) is 15.2. The average Bonchev–Trinajstić information content (AvgIpc) is 3.16. The van der Waals surface area contributed by atoms with E-state index in [4.69, 9.17) is 16.0 Å². The molecule has 0 aliphatic rings. The van der Waals surface area contributed by atoms with Crippen molar-refractivity contribution in [1.82, 2.24) is 0 Å². The van der Waals surface area contributed by atoms with E-state index in [2.05, 4.69) is 5.32 Å². The predicted octanol–water partition coefficient (Wildman–Crippen LogP) is 3.82. The minimum atomic E-state index is -1.40. The number of carboxylic acid groups (broad SMARTS) is 1. The highest BCUT2D eigenvalue weighted by atomic mass is 35.5. The van der Waals surface area contributed by atoms with E-state index in [0.717, 1.165) is 5.56 Å². The highest BCUT2D eigenvalue weighted by molar-refractivity contribution is 6.33. The van der Waals surface area contributed by atoms with E-state index < -0.39 is 11.9 Å². The molecule has 1 amide bonds. The van der Waals surface area contributed by atoms with Crippen LogP contribution in [0.5, 0.6) is 0 Å². The van der Waals surface area contributed by atoms with Crippen molar-refractivity contribution in [2.24, 2.45) is 0 Å². The molecular formula is C22H14ClN2O4-. The number of carbonyl (C=O) groups is 2. The number of rotatable bonds is 5. The van der Waals surface area contributed by atoms with E-state index in [9.17, 15) is 20.0 Å². The van der Waals surface area contributed by atoms with Gasteiger partial charge in [-0.1, -0.05) is 29.8 Å². The first-order chi connectivity index (χ1) is 13.9. The monoisotopic (exact) mass is 405 g/mol. The van der Waals surface area contributed by atoms with Crippen LogP contribution in [0.2, 0.25) is 5.02 Å². The van der Waals surface area contributed by atoms with Gasteiger partial charge in [-0.3, -0.25) is 4.79 Å². The van der Waals surface area contributed by atoms with Gasteiger partial charge in [-0.25, -0.2) is 0 Å². The molecule has 0 saturated heterocycles. The molecule has 3 aromatic rings. The Morgan fingerprint density at radius 3 is 2.62 bits per heavy atom. The number of nitriles is 1. The molecule has 7 heteroatoms. The van der Waals surface area contributed by atoms with Gasteiger partial charge in [0.15, 0.2) is 0 Å². The summed E-state index contributed by atoms with van der Waals surface area (Å²) in [6.45, 7) is 1.84. The minimum absolute atomic E-state index is 0.0556. The van der Waals surface area contributed by atoms with Gasteiger partial charge in [0.1, 0.15) is 23.2 Å². The van der Waals surface area contributed by atoms with Gasteiger partial charge < -0.3 is 19.6 Å². The molecule has 0 fully saturated rings. The number of anilines is 1. The number of nitrogens with one attached hydrogen (secondary N) is 1. The summed E-state index contributed by atoms with van der Waals surface area (Å²) in [5.74, 6) is -1.35. The molecule has 144 valence electrons. The van der Waals surface area contributed by atoms with Gasteiger partial charge >= 0.3 is 0 Å². The normalized spacial score (nSPS) is 11.0. The van der Waals surface area contributed by atoms with Crippen molar-refractivity contribution in [3.05, 3.63) is 82.1 Å². The van der Waals surface area contributed by atoms with Crippen LogP contribution < -0.4 is 10.4 Å². The molecule has 6 nitrogen and oxygen atoms in total. The number of benzene rings is 2. The molecule has 3 rings (SSSR count). The number of amides is 1. The SMILES string of the molecule is Cc1ccccc1NC(=O)/C(C#N)=C/c1ccc(-c2ccc(Cl)c(C(=O)[O-])c2)o1. The van der Waals surface area contributed by atoms with Crippen LogP contribution in [-0.2, 0) is 4.79 Å². The lowest BCUT2D eigenvalue weighted by molar-refractivity contribution is -0.255. The van der Waals surface area contributed by atoms with E-state index in [-0.39, 0.29) is 21.9 Å². The van der Waals surface area contributed by atoms with Gasteiger partial charge in [0.2, 0.25) is 0 Å². The fourth-order valence-electron chi connectivity index (χ4n) is 2.61. The van der Waals surface area contributed by atoms with Crippen LogP contribution in [0.4, 0.5) is 5.69 Å². The number of hydrogen-bond acceptors (Lipinski definition) is 5. The zero-order valence-corrected chi connectivity index (χ0v) is 16.0. The predicted molar refractivity (Wildman–Crippen MR) is 107 cm³/mol. The summed E-state index contributed by atoms with van der Waals surface area (Å²) in [6.07, 6.45) is 1.31. The molecule has 0 aliphatic carbocycles. The third-order valence-corrected chi connectivity index (χ3v) is 4.47. The first-order valence-electron chi connectivity index (χ1n) is 8.49. The smallest absolute Gasteiger partial charge is 0.266 e. The lowest BCUT2D eigenvalue weighted by Crippen LogP contribution is -2.22. The Labute approximate surface area is 171 Å². The number of para-hydroxylation sites is 1. The number of furan rings is 1. The number of carboxylic acids is 1. The number of hydrogen-bond donors (Lipinski definition) is 1. The second-order valence-electron chi connectivity index (χ2n) is 6.12. The maximum Gasteiger partial charge on any atom is 0.266 e. The Kier molecular flexibility index (Phi) is 5.82. The summed E-state index contributed by atoms with van der Waals surface area (Å²) in [7, 11) is 0. The van der Waals surface area contributed by atoms with Gasteiger partial charge in [-0.05, 0) is 48.9 Å². The van der Waals surface area contributed by atoms with Crippen LogP contribution in [0.25, 0.3) is 17.4 Å². The van der Waals surface area contributed by atoms with Crippen molar-refractivity contribution in [3.63, 3.8) is 0 Å². The molecule has 0 radical (unpaired) electrons. The van der Waals surface area contributed by atoms with Crippen LogP contribution >= 0.6 is 11.6 Å². The summed E-state index contributed by atoms with van der Waals surface area (Å²) in [6, 6.07) is 16.6. The topological polar surface area (TPSA) is 106 Å². The molecule has 0 atom stereocenters. The Morgan fingerprint density at radius 2 is 1.93 bits per heavy atom. The molecule has 0 unspecified atom stereocenters. The molecule has 0 spiro atoms. The Hall–Kier alpha value is -3.82. The minimum Gasteiger partial charge on any atom is -0.545 e. The largest absolute Gasteiger partial charge is 0.545 e. The van der Waals surface area contributed by atoms with Crippen molar-refractivity contribution in [2.75, 3.05) is 5.32 Å². The van der Waals surface area contributed by atoms with Crippen molar-refractivity contribution in [2.45, 2.75) is 6.92 Å². The maximum absolute atomic E-state index is 12.4. The van der Waals surface area contributed by atoms with Crippen LogP contribution in [0.3, 0.4) is 0 Å². The van der Waals surface area contributed by atoms with Gasteiger partial charge in [-0.15, -0.1) is 0 Å². The van der Waals surface area contributed by atoms with Crippen molar-refractivity contribution < 1.29 is 19.1 Å². The molecule has 0 bridgehead atoms. The van der Waals surface area contributed by atoms with Gasteiger partial charge in [-0.2, -0.15) is 5.26 Å². The van der Waals surface area contributed by atoms with E-state index in [1.54, 1.807) is 30.3 Å². The summed E-state index contributed by atoms with van der Waals surface area (Å²) < 4.78 is 5.64. The molecule has 2 aromatic carbocycles. The quantitative estimate of drug-likeness (QED) is 0.513. The fraction of sp³-hybridized carbons (Fsp3) is 0.0455. The number of nitrogens with zero attached hydrogens (tertiary/aromatic N) is 1. The number of halogens is 1. The summed E-state index contributed by atoms with van der Waals surface area (Å²) in [5.41, 5.74) is 1.64. The molecule has 1 aromatic heterocycles. The Morgan fingerprint density at radius 1 is 1.17 bits per heavy atom. The lowest BCUT2D eigenvalue weighted by atomic mass is 10.1. The highest BCUT2D eigenvalue weighted by Gasteiger charge is 2.13. The molecule has 1 heterocycles. The summed E-state index contributed by atoms with van der Waals surface area (Å²) >= 11 is 5.84. The lowest BCUT2D eigenvalue weighted by Gasteiger charge is -2.07. The molecule has 0 aliphatic heterocycles. The van der Waals surface area contributed by atoms with Crippen LogP contribution in [-0.4, -0.2) is 11.9 Å². The maximum atomic E-state index is 12.4. The fourth-order valence-corrected chi connectivity index (χ4v) is 2.81. The second-order valence-corrected chi connectivity index (χ2v) is 6.53. The van der Waals surface area contributed by atoms with Crippen molar-refractivity contribution in [1.29, 1.82) is 5.26 Å². The third-order valence-electron chi connectivity index (χ3n) is 4.14. The number of aryl methyl sites for hydroxylation is 1. The summed E-state index contributed by atoms with van der Waals surface area (Å²) in [4.78, 5) is 23.5. The van der Waals surface area contributed by atoms with E-state index >= 15 is 0 Å². The van der Waals surface area contributed by atoms with E-state index in [0.29, 0.717) is 17.0 Å². The number of aromatic carboxylic acids is 1. The number of carbonyl (C=O) groups excluding carboxylic acids is 2. The van der Waals surface area contributed by atoms with Crippen LogP contribution in [0, 0.1) is 18.3 Å². The average molecular weight is 406 g/mol. The Bertz CT molecular complexity index is 1170.